The Hall–Kier alpha value is -2.26. The molecule has 3 nitrogen and oxygen atoms in total. The maximum absolute atomic E-state index is 12.3. The summed E-state index contributed by atoms with van der Waals surface area (Å²) in [5.41, 5.74) is 7.40. The Morgan fingerprint density at radius 3 is 2.58 bits per heavy atom. The number of carbonyl (C=O) groups is 1. The van der Waals surface area contributed by atoms with E-state index in [1.54, 1.807) is 42.5 Å². The van der Waals surface area contributed by atoms with Crippen molar-refractivity contribution in [1.29, 1.82) is 0 Å². The summed E-state index contributed by atoms with van der Waals surface area (Å²) >= 11 is 5.91. The van der Waals surface area contributed by atoms with Gasteiger partial charge in [-0.25, -0.2) is 0 Å². The van der Waals surface area contributed by atoms with Gasteiger partial charge >= 0.3 is 0 Å². The maximum atomic E-state index is 12.3. The van der Waals surface area contributed by atoms with Crippen molar-refractivity contribution >= 4 is 34.0 Å². The molecule has 1 heterocycles. The molecule has 3 aromatic rings. The molecule has 0 fully saturated rings. The van der Waals surface area contributed by atoms with Gasteiger partial charge in [0.05, 0.1) is 5.69 Å². The smallest absolute Gasteiger partial charge is 0.230 e. The number of hydrogen-bond donors (Lipinski definition) is 1. The molecular weight excluding hydrogens is 262 g/mol. The molecule has 19 heavy (non-hydrogen) atoms. The summed E-state index contributed by atoms with van der Waals surface area (Å²) in [5, 5.41) is 1.21. The summed E-state index contributed by atoms with van der Waals surface area (Å²) in [5.74, 6) is -0.0751. The van der Waals surface area contributed by atoms with Crippen LogP contribution < -0.4 is 5.73 Å². The van der Waals surface area contributed by atoms with E-state index < -0.39 is 0 Å². The third-order valence-corrected chi connectivity index (χ3v) is 3.17. The summed E-state index contributed by atoms with van der Waals surface area (Å²) in [6, 6.07) is 14.0. The molecule has 0 amide bonds. The SMILES string of the molecule is Nc1c(C(=O)c2ccccc2)oc2ccc(Cl)cc12. The van der Waals surface area contributed by atoms with E-state index in [9.17, 15) is 4.79 Å². The van der Waals surface area contributed by atoms with Crippen LogP contribution in [0.2, 0.25) is 5.02 Å². The second kappa shape index (κ2) is 4.44. The molecule has 0 unspecified atom stereocenters. The van der Waals surface area contributed by atoms with E-state index in [-0.39, 0.29) is 11.5 Å². The standard InChI is InChI=1S/C15H10ClNO2/c16-10-6-7-12-11(8-10)13(17)15(19-12)14(18)9-4-2-1-3-5-9/h1-8H,17H2. The molecule has 0 aliphatic rings. The van der Waals surface area contributed by atoms with Crippen molar-refractivity contribution in [2.45, 2.75) is 0 Å². The first-order valence-electron chi connectivity index (χ1n) is 5.74. The van der Waals surface area contributed by atoms with E-state index in [1.165, 1.54) is 0 Å². The highest BCUT2D eigenvalue weighted by Crippen LogP contribution is 2.31. The molecule has 3 rings (SSSR count). The number of anilines is 1. The zero-order valence-electron chi connectivity index (χ0n) is 9.89. The first-order chi connectivity index (χ1) is 9.16. The normalized spacial score (nSPS) is 10.8. The summed E-state index contributed by atoms with van der Waals surface area (Å²) < 4.78 is 5.54. The first-order valence-corrected chi connectivity index (χ1v) is 6.12. The lowest BCUT2D eigenvalue weighted by atomic mass is 10.1. The lowest BCUT2D eigenvalue weighted by Gasteiger charge is -1.97. The van der Waals surface area contributed by atoms with Gasteiger partial charge in [0.25, 0.3) is 0 Å². The molecule has 0 saturated heterocycles. The Morgan fingerprint density at radius 1 is 1.11 bits per heavy atom. The van der Waals surface area contributed by atoms with Gasteiger partial charge in [-0.05, 0) is 18.2 Å². The molecular formula is C15H10ClNO2. The predicted molar refractivity (Wildman–Crippen MR) is 75.5 cm³/mol. The van der Waals surface area contributed by atoms with Crippen LogP contribution in [0, 0.1) is 0 Å². The highest BCUT2D eigenvalue weighted by Gasteiger charge is 2.19. The van der Waals surface area contributed by atoms with E-state index in [0.717, 1.165) is 0 Å². The van der Waals surface area contributed by atoms with E-state index >= 15 is 0 Å². The lowest BCUT2D eigenvalue weighted by molar-refractivity contribution is 0.101. The molecule has 4 heteroatoms. The fourth-order valence-electron chi connectivity index (χ4n) is 1.98. The van der Waals surface area contributed by atoms with Crippen molar-refractivity contribution in [3.63, 3.8) is 0 Å². The lowest BCUT2D eigenvalue weighted by Crippen LogP contribution is -2.02. The summed E-state index contributed by atoms with van der Waals surface area (Å²) in [6.07, 6.45) is 0. The Balaban J connectivity index is 2.16. The van der Waals surface area contributed by atoms with Gasteiger partial charge in [0.1, 0.15) is 5.58 Å². The van der Waals surface area contributed by atoms with Gasteiger partial charge in [0.2, 0.25) is 5.78 Å². The van der Waals surface area contributed by atoms with Gasteiger partial charge in [-0.2, -0.15) is 0 Å². The van der Waals surface area contributed by atoms with Crippen molar-refractivity contribution in [3.8, 4) is 0 Å². The maximum Gasteiger partial charge on any atom is 0.230 e. The summed E-state index contributed by atoms with van der Waals surface area (Å²) in [6.45, 7) is 0. The largest absolute Gasteiger partial charge is 0.450 e. The second-order valence-corrected chi connectivity index (χ2v) is 4.62. The Labute approximate surface area is 114 Å². The van der Waals surface area contributed by atoms with Crippen LogP contribution in [0.1, 0.15) is 16.1 Å². The number of carbonyl (C=O) groups excluding carboxylic acids is 1. The van der Waals surface area contributed by atoms with Crippen molar-refractivity contribution < 1.29 is 9.21 Å². The van der Waals surface area contributed by atoms with Gasteiger partial charge in [-0.15, -0.1) is 0 Å². The van der Waals surface area contributed by atoms with Crippen molar-refractivity contribution in [3.05, 3.63) is 64.9 Å². The van der Waals surface area contributed by atoms with Crippen LogP contribution in [0.25, 0.3) is 11.0 Å². The molecule has 0 bridgehead atoms. The molecule has 0 saturated carbocycles. The number of benzene rings is 2. The average molecular weight is 272 g/mol. The number of fused-ring (bicyclic) bond motifs is 1. The van der Waals surface area contributed by atoms with Crippen molar-refractivity contribution in [1.82, 2.24) is 0 Å². The molecule has 1 aromatic heterocycles. The number of hydrogen-bond acceptors (Lipinski definition) is 3. The zero-order valence-corrected chi connectivity index (χ0v) is 10.6. The minimum Gasteiger partial charge on any atom is -0.450 e. The number of rotatable bonds is 2. The van der Waals surface area contributed by atoms with Crippen LogP contribution in [-0.2, 0) is 0 Å². The summed E-state index contributed by atoms with van der Waals surface area (Å²) in [4.78, 5) is 12.3. The average Bonchev–Trinajstić information content (AvgIpc) is 2.76. The topological polar surface area (TPSA) is 56.2 Å². The molecule has 0 aliphatic heterocycles. The van der Waals surface area contributed by atoms with E-state index in [0.29, 0.717) is 27.2 Å². The van der Waals surface area contributed by atoms with Crippen LogP contribution in [-0.4, -0.2) is 5.78 Å². The fourth-order valence-corrected chi connectivity index (χ4v) is 2.15. The predicted octanol–water partition coefficient (Wildman–Crippen LogP) is 3.90. The molecule has 2 N–H and O–H groups in total. The molecule has 0 radical (unpaired) electrons. The minimum atomic E-state index is -0.231. The van der Waals surface area contributed by atoms with Crippen LogP contribution in [0.15, 0.2) is 52.9 Å². The van der Waals surface area contributed by atoms with Gasteiger partial charge in [-0.1, -0.05) is 41.9 Å². The highest BCUT2D eigenvalue weighted by molar-refractivity contribution is 6.31. The van der Waals surface area contributed by atoms with Crippen LogP contribution in [0.3, 0.4) is 0 Å². The summed E-state index contributed by atoms with van der Waals surface area (Å²) in [7, 11) is 0. The third kappa shape index (κ3) is 1.98. The molecule has 2 aromatic carbocycles. The minimum absolute atomic E-state index is 0.156. The van der Waals surface area contributed by atoms with Crippen molar-refractivity contribution in [2.24, 2.45) is 0 Å². The van der Waals surface area contributed by atoms with Crippen LogP contribution >= 0.6 is 11.6 Å². The highest BCUT2D eigenvalue weighted by atomic mass is 35.5. The van der Waals surface area contributed by atoms with E-state index in [4.69, 9.17) is 21.8 Å². The first kappa shape index (κ1) is 11.8. The zero-order chi connectivity index (χ0) is 13.4. The Bertz CT molecular complexity index is 762. The van der Waals surface area contributed by atoms with Crippen LogP contribution in [0.4, 0.5) is 5.69 Å². The number of nitrogen functional groups attached to an aromatic ring is 1. The number of halogens is 1. The number of ketones is 1. The fraction of sp³-hybridized carbons (Fsp3) is 0. The third-order valence-electron chi connectivity index (χ3n) is 2.93. The van der Waals surface area contributed by atoms with Crippen LogP contribution in [0.5, 0.6) is 0 Å². The van der Waals surface area contributed by atoms with E-state index in [1.807, 2.05) is 6.07 Å². The van der Waals surface area contributed by atoms with Crippen molar-refractivity contribution in [2.75, 3.05) is 5.73 Å². The van der Waals surface area contributed by atoms with Gasteiger partial charge in [0.15, 0.2) is 5.76 Å². The van der Waals surface area contributed by atoms with E-state index in [2.05, 4.69) is 0 Å². The van der Waals surface area contributed by atoms with Gasteiger partial charge in [-0.3, -0.25) is 4.79 Å². The molecule has 0 spiro atoms. The van der Waals surface area contributed by atoms with Gasteiger partial charge < -0.3 is 10.2 Å². The molecule has 0 aliphatic carbocycles. The Kier molecular flexibility index (Phi) is 2.76. The molecule has 94 valence electrons. The second-order valence-electron chi connectivity index (χ2n) is 4.18. The number of furan rings is 1. The quantitative estimate of drug-likeness (QED) is 0.719. The Morgan fingerprint density at radius 2 is 1.84 bits per heavy atom. The molecule has 0 atom stereocenters. The van der Waals surface area contributed by atoms with Gasteiger partial charge in [0, 0.05) is 16.0 Å². The monoisotopic (exact) mass is 271 g/mol. The number of nitrogens with two attached hydrogens (primary N) is 1.